The lowest BCUT2D eigenvalue weighted by molar-refractivity contribution is 0.730. The average molecular weight is 121 g/mol. The first-order chi connectivity index (χ1) is 4.47. The lowest BCUT2D eigenvalue weighted by Crippen LogP contribution is -1.92. The van der Waals surface area contributed by atoms with Crippen molar-refractivity contribution in [3.8, 4) is 0 Å². The van der Waals surface area contributed by atoms with E-state index in [0.29, 0.717) is 0 Å². The van der Waals surface area contributed by atoms with Gasteiger partial charge in [-0.25, -0.2) is 4.98 Å². The van der Waals surface area contributed by atoms with Gasteiger partial charge >= 0.3 is 0 Å². The van der Waals surface area contributed by atoms with Gasteiger partial charge in [0.15, 0.2) is 0 Å². The smallest absolute Gasteiger partial charge is 0.138 e. The molecule has 0 N–H and O–H groups in total. The summed E-state index contributed by atoms with van der Waals surface area (Å²) in [6, 6.07) is 0. The van der Waals surface area contributed by atoms with Crippen molar-refractivity contribution in [2.75, 3.05) is 0 Å². The molecule has 2 rings (SSSR count). The van der Waals surface area contributed by atoms with E-state index in [4.69, 9.17) is 0 Å². The Kier molecular flexibility index (Phi) is 0.717. The molecule has 0 aliphatic rings. The number of hydrogen-bond donors (Lipinski definition) is 0. The minimum Gasteiger partial charge on any atom is -0.241 e. The molecule has 0 aliphatic heterocycles. The van der Waals surface area contributed by atoms with Crippen LogP contribution in [0.25, 0.3) is 5.52 Å². The van der Waals surface area contributed by atoms with Crippen molar-refractivity contribution in [1.82, 2.24) is 25.0 Å². The van der Waals surface area contributed by atoms with Crippen LogP contribution in [0.2, 0.25) is 0 Å². The summed E-state index contributed by atoms with van der Waals surface area (Å²) in [5.74, 6) is 0. The van der Waals surface area contributed by atoms with Crippen LogP contribution in [-0.4, -0.2) is 25.0 Å². The van der Waals surface area contributed by atoms with Gasteiger partial charge in [0.05, 0.1) is 12.4 Å². The van der Waals surface area contributed by atoms with E-state index in [0.717, 1.165) is 5.52 Å². The van der Waals surface area contributed by atoms with E-state index >= 15 is 0 Å². The Labute approximate surface area is 50.3 Å². The minimum atomic E-state index is 0.803. The number of nitrogens with zero attached hydrogens (tertiary/aromatic N) is 5. The van der Waals surface area contributed by atoms with E-state index in [-0.39, 0.29) is 0 Å². The van der Waals surface area contributed by atoms with Crippen molar-refractivity contribution in [2.24, 2.45) is 0 Å². The quantitative estimate of drug-likeness (QED) is 0.472. The van der Waals surface area contributed by atoms with Crippen LogP contribution in [0.3, 0.4) is 0 Å². The van der Waals surface area contributed by atoms with Gasteiger partial charge in [0.2, 0.25) is 0 Å². The highest BCUT2D eigenvalue weighted by Crippen LogP contribution is 1.89. The zero-order valence-corrected chi connectivity index (χ0v) is 4.47. The molecule has 9 heavy (non-hydrogen) atoms. The summed E-state index contributed by atoms with van der Waals surface area (Å²) in [5, 5.41) is 11.0. The van der Waals surface area contributed by atoms with Gasteiger partial charge in [-0.1, -0.05) is 0 Å². The summed E-state index contributed by atoms with van der Waals surface area (Å²) in [5.41, 5.74) is 0.803. The van der Waals surface area contributed by atoms with Crippen LogP contribution in [-0.2, 0) is 0 Å². The van der Waals surface area contributed by atoms with Crippen molar-refractivity contribution >= 4 is 5.52 Å². The molecule has 44 valence electrons. The largest absolute Gasteiger partial charge is 0.241 e. The van der Waals surface area contributed by atoms with Crippen LogP contribution >= 0.6 is 0 Å². The lowest BCUT2D eigenvalue weighted by Gasteiger charge is -1.82. The highest BCUT2D eigenvalue weighted by atomic mass is 15.5. The van der Waals surface area contributed by atoms with Crippen LogP contribution in [0.15, 0.2) is 18.7 Å². The summed E-state index contributed by atoms with van der Waals surface area (Å²) in [7, 11) is 0. The Balaban J connectivity index is 2.95. The van der Waals surface area contributed by atoms with Gasteiger partial charge in [0.25, 0.3) is 0 Å². The van der Waals surface area contributed by atoms with Crippen LogP contribution in [0, 0.1) is 0 Å². The summed E-state index contributed by atoms with van der Waals surface area (Å²) in [4.78, 5) is 3.77. The second-order valence-corrected chi connectivity index (χ2v) is 1.56. The van der Waals surface area contributed by atoms with Crippen molar-refractivity contribution in [1.29, 1.82) is 0 Å². The molecule has 0 fully saturated rings. The van der Waals surface area contributed by atoms with Gasteiger partial charge in [-0.15, -0.1) is 14.8 Å². The molecule has 5 heteroatoms. The Morgan fingerprint density at radius 3 is 3.22 bits per heavy atom. The first-order valence-electron chi connectivity index (χ1n) is 2.43. The molecule has 5 nitrogen and oxygen atoms in total. The fraction of sp³-hybridized carbons (Fsp3) is 0. The Bertz CT molecular complexity index is 283. The molecular formula is C4H3N5. The van der Waals surface area contributed by atoms with E-state index in [9.17, 15) is 0 Å². The molecular weight excluding hydrogens is 118 g/mol. The van der Waals surface area contributed by atoms with Crippen LogP contribution in [0.4, 0.5) is 0 Å². The molecule has 2 aromatic rings. The van der Waals surface area contributed by atoms with E-state index in [2.05, 4.69) is 20.4 Å². The van der Waals surface area contributed by atoms with Crippen molar-refractivity contribution in [3.63, 3.8) is 0 Å². The zero-order valence-electron chi connectivity index (χ0n) is 4.47. The first kappa shape index (κ1) is 4.37. The Morgan fingerprint density at radius 1 is 1.33 bits per heavy atom. The number of rotatable bonds is 0. The molecule has 0 spiro atoms. The fourth-order valence-corrected chi connectivity index (χ4v) is 0.600. The number of hydrogen-bond acceptors (Lipinski definition) is 4. The molecule has 2 heterocycles. The number of fused-ring (bicyclic) bond motifs is 1. The van der Waals surface area contributed by atoms with Gasteiger partial charge in [0.1, 0.15) is 11.8 Å². The highest BCUT2D eigenvalue weighted by Gasteiger charge is 1.89. The van der Waals surface area contributed by atoms with Crippen molar-refractivity contribution < 1.29 is 0 Å². The average Bonchev–Trinajstić information content (AvgIpc) is 2.33. The standard InChI is InChI=1S/C4H3N5/c1-4-2-6-8-9(4)7-3-5-1/h1-3H. The Morgan fingerprint density at radius 2 is 2.33 bits per heavy atom. The molecule has 0 saturated heterocycles. The van der Waals surface area contributed by atoms with Crippen LogP contribution in [0.1, 0.15) is 0 Å². The van der Waals surface area contributed by atoms with Gasteiger partial charge in [-0.05, 0) is 5.21 Å². The first-order valence-corrected chi connectivity index (χ1v) is 2.43. The fourth-order valence-electron chi connectivity index (χ4n) is 0.600. The van der Waals surface area contributed by atoms with E-state index in [1.54, 1.807) is 12.4 Å². The molecule has 0 unspecified atom stereocenters. The molecule has 0 saturated carbocycles. The van der Waals surface area contributed by atoms with Gasteiger partial charge in [-0.2, -0.15) is 0 Å². The van der Waals surface area contributed by atoms with Crippen molar-refractivity contribution in [2.45, 2.75) is 0 Å². The predicted octanol–water partition coefficient (Wildman–Crippen LogP) is -0.481. The monoisotopic (exact) mass is 121 g/mol. The lowest BCUT2D eigenvalue weighted by atomic mass is 10.6. The maximum atomic E-state index is 3.77. The number of aromatic nitrogens is 5. The van der Waals surface area contributed by atoms with Gasteiger partial charge in [0, 0.05) is 0 Å². The second kappa shape index (κ2) is 1.48. The minimum absolute atomic E-state index is 0.803. The topological polar surface area (TPSA) is 56.0 Å². The third kappa shape index (κ3) is 0.543. The van der Waals surface area contributed by atoms with Gasteiger partial charge in [-0.3, -0.25) is 0 Å². The van der Waals surface area contributed by atoms with E-state index in [1.165, 1.54) is 11.0 Å². The summed E-state index contributed by atoms with van der Waals surface area (Å²) < 4.78 is 1.41. The molecule has 2 aromatic heterocycles. The third-order valence-electron chi connectivity index (χ3n) is 0.992. The van der Waals surface area contributed by atoms with Gasteiger partial charge < -0.3 is 0 Å². The molecule has 0 aromatic carbocycles. The molecule has 0 bridgehead atoms. The third-order valence-corrected chi connectivity index (χ3v) is 0.992. The summed E-state index contributed by atoms with van der Waals surface area (Å²) in [6.45, 7) is 0. The maximum Gasteiger partial charge on any atom is 0.138 e. The summed E-state index contributed by atoms with van der Waals surface area (Å²) >= 11 is 0. The molecule has 0 radical (unpaired) electrons. The van der Waals surface area contributed by atoms with Crippen LogP contribution in [0.5, 0.6) is 0 Å². The zero-order chi connectivity index (χ0) is 6.10. The normalized spacial score (nSPS) is 10.2. The van der Waals surface area contributed by atoms with E-state index < -0.39 is 0 Å². The molecule has 0 aliphatic carbocycles. The second-order valence-electron chi connectivity index (χ2n) is 1.56. The predicted molar refractivity (Wildman–Crippen MR) is 28.6 cm³/mol. The van der Waals surface area contributed by atoms with Crippen LogP contribution < -0.4 is 0 Å². The summed E-state index contributed by atoms with van der Waals surface area (Å²) in [6.07, 6.45) is 4.66. The Hall–Kier alpha value is -1.52. The maximum absolute atomic E-state index is 3.77. The van der Waals surface area contributed by atoms with E-state index in [1.807, 2.05) is 0 Å². The molecule has 0 atom stereocenters. The SMILES string of the molecule is c1ncc2cnnn2n1. The highest BCUT2D eigenvalue weighted by molar-refractivity contribution is 5.37. The molecule has 0 amide bonds. The van der Waals surface area contributed by atoms with Crippen molar-refractivity contribution in [3.05, 3.63) is 18.7 Å².